The van der Waals surface area contributed by atoms with E-state index in [0.717, 1.165) is 11.0 Å². The SMILES string of the molecule is C=C(C)Cn1c(C(=O)N2CCN(C(=O)CCC(=O)OCC)[C@@H](C)C2)cc2ccoc21. The summed E-state index contributed by atoms with van der Waals surface area (Å²) in [4.78, 5) is 40.8. The summed E-state index contributed by atoms with van der Waals surface area (Å²) in [5, 5.41) is 0.875. The Bertz CT molecular complexity index is 957. The van der Waals surface area contributed by atoms with Gasteiger partial charge < -0.3 is 23.5 Å². The molecule has 2 amide bonds. The lowest BCUT2D eigenvalue weighted by atomic mass is 10.1. The van der Waals surface area contributed by atoms with E-state index in [1.807, 2.05) is 30.5 Å². The summed E-state index contributed by atoms with van der Waals surface area (Å²) < 4.78 is 12.3. The number of allylic oxidation sites excluding steroid dienone is 1. The molecule has 0 unspecified atom stereocenters. The second kappa shape index (κ2) is 9.19. The van der Waals surface area contributed by atoms with Crippen LogP contribution in [0.4, 0.5) is 0 Å². The molecule has 3 rings (SSSR count). The molecule has 1 fully saturated rings. The number of carbonyl (C=O) groups is 3. The van der Waals surface area contributed by atoms with Crippen molar-refractivity contribution in [3.05, 3.63) is 36.2 Å². The van der Waals surface area contributed by atoms with Gasteiger partial charge in [0, 0.05) is 44.0 Å². The molecule has 162 valence electrons. The monoisotopic (exact) mass is 415 g/mol. The van der Waals surface area contributed by atoms with Crippen LogP contribution in [0.5, 0.6) is 0 Å². The van der Waals surface area contributed by atoms with Gasteiger partial charge >= 0.3 is 5.97 Å². The van der Waals surface area contributed by atoms with Crippen molar-refractivity contribution in [1.29, 1.82) is 0 Å². The highest BCUT2D eigenvalue weighted by Gasteiger charge is 2.32. The maximum Gasteiger partial charge on any atom is 0.306 e. The first-order valence-corrected chi connectivity index (χ1v) is 10.3. The van der Waals surface area contributed by atoms with Crippen LogP contribution in [0.15, 0.2) is 35.0 Å². The second-order valence-corrected chi connectivity index (χ2v) is 7.75. The Morgan fingerprint density at radius 1 is 1.27 bits per heavy atom. The van der Waals surface area contributed by atoms with E-state index >= 15 is 0 Å². The molecule has 1 atom stereocenters. The standard InChI is InChI=1S/C22H29N3O5/c1-5-29-20(27)7-6-19(26)24-10-9-23(14-16(24)4)21(28)18-12-17-8-11-30-22(17)25(18)13-15(2)3/h8,11-12,16H,2,5-7,9-10,13-14H2,1,3-4H3/t16-/m0/s1. The summed E-state index contributed by atoms with van der Waals surface area (Å²) in [6.07, 6.45) is 1.80. The minimum Gasteiger partial charge on any atom is -0.466 e. The molecule has 0 bridgehead atoms. The molecular weight excluding hydrogens is 386 g/mol. The van der Waals surface area contributed by atoms with Crippen LogP contribution in [0.1, 0.15) is 44.1 Å². The number of fused-ring (bicyclic) bond motifs is 1. The molecule has 0 aromatic carbocycles. The van der Waals surface area contributed by atoms with Gasteiger partial charge in [0.25, 0.3) is 5.91 Å². The van der Waals surface area contributed by atoms with Gasteiger partial charge in [-0.05, 0) is 32.9 Å². The summed E-state index contributed by atoms with van der Waals surface area (Å²) in [5.41, 5.74) is 2.13. The van der Waals surface area contributed by atoms with Crippen molar-refractivity contribution < 1.29 is 23.5 Å². The predicted molar refractivity (Wildman–Crippen MR) is 112 cm³/mol. The van der Waals surface area contributed by atoms with Crippen LogP contribution in [0.25, 0.3) is 11.1 Å². The zero-order valence-electron chi connectivity index (χ0n) is 17.8. The zero-order chi connectivity index (χ0) is 21.8. The fourth-order valence-electron chi connectivity index (χ4n) is 3.84. The lowest BCUT2D eigenvalue weighted by Gasteiger charge is -2.40. The Balaban J connectivity index is 1.67. The van der Waals surface area contributed by atoms with Gasteiger partial charge in [0.15, 0.2) is 0 Å². The molecule has 1 aliphatic rings. The molecule has 0 N–H and O–H groups in total. The number of ether oxygens (including phenoxy) is 1. The maximum atomic E-state index is 13.2. The van der Waals surface area contributed by atoms with Crippen LogP contribution in [-0.2, 0) is 20.9 Å². The van der Waals surface area contributed by atoms with Crippen LogP contribution >= 0.6 is 0 Å². The molecule has 1 saturated heterocycles. The highest BCUT2D eigenvalue weighted by atomic mass is 16.5. The highest BCUT2D eigenvalue weighted by Crippen LogP contribution is 2.24. The smallest absolute Gasteiger partial charge is 0.306 e. The summed E-state index contributed by atoms with van der Waals surface area (Å²) >= 11 is 0. The lowest BCUT2D eigenvalue weighted by Crippen LogP contribution is -2.55. The molecule has 0 aliphatic carbocycles. The first-order chi connectivity index (χ1) is 14.3. The van der Waals surface area contributed by atoms with Gasteiger partial charge in [-0.15, -0.1) is 0 Å². The number of aromatic nitrogens is 1. The van der Waals surface area contributed by atoms with Crippen molar-refractivity contribution in [2.75, 3.05) is 26.2 Å². The fourth-order valence-corrected chi connectivity index (χ4v) is 3.84. The number of nitrogens with zero attached hydrogens (tertiary/aromatic N) is 3. The Hall–Kier alpha value is -3.03. The van der Waals surface area contributed by atoms with Gasteiger partial charge in [0.1, 0.15) is 5.69 Å². The Morgan fingerprint density at radius 2 is 2.03 bits per heavy atom. The third-order valence-corrected chi connectivity index (χ3v) is 5.23. The van der Waals surface area contributed by atoms with Crippen molar-refractivity contribution >= 4 is 28.9 Å². The topological polar surface area (TPSA) is 85.0 Å². The van der Waals surface area contributed by atoms with E-state index in [2.05, 4.69) is 6.58 Å². The first kappa shape index (κ1) is 21.7. The summed E-state index contributed by atoms with van der Waals surface area (Å²) in [7, 11) is 0. The van der Waals surface area contributed by atoms with Crippen molar-refractivity contribution in [3.8, 4) is 0 Å². The van der Waals surface area contributed by atoms with E-state index in [-0.39, 0.29) is 36.7 Å². The molecule has 2 aromatic heterocycles. The number of hydrogen-bond acceptors (Lipinski definition) is 5. The molecular formula is C22H29N3O5. The lowest BCUT2D eigenvalue weighted by molar-refractivity contribution is -0.146. The highest BCUT2D eigenvalue weighted by molar-refractivity contribution is 5.98. The Kier molecular flexibility index (Phi) is 6.64. The maximum absolute atomic E-state index is 13.2. The van der Waals surface area contributed by atoms with Crippen molar-refractivity contribution in [2.45, 2.75) is 46.2 Å². The van der Waals surface area contributed by atoms with Crippen molar-refractivity contribution in [2.24, 2.45) is 0 Å². The number of furan rings is 1. The van der Waals surface area contributed by atoms with E-state index in [0.29, 0.717) is 44.2 Å². The van der Waals surface area contributed by atoms with Crippen LogP contribution in [0.2, 0.25) is 0 Å². The molecule has 1 aliphatic heterocycles. The van der Waals surface area contributed by atoms with Crippen LogP contribution in [0, 0.1) is 0 Å². The third-order valence-electron chi connectivity index (χ3n) is 5.23. The zero-order valence-corrected chi connectivity index (χ0v) is 17.8. The summed E-state index contributed by atoms with van der Waals surface area (Å²) in [6.45, 7) is 11.6. The number of carbonyl (C=O) groups excluding carboxylic acids is 3. The average Bonchev–Trinajstić information content (AvgIpc) is 3.28. The van der Waals surface area contributed by atoms with Gasteiger partial charge in [-0.25, -0.2) is 0 Å². The van der Waals surface area contributed by atoms with E-state index < -0.39 is 0 Å². The number of amides is 2. The molecule has 8 nitrogen and oxygen atoms in total. The predicted octanol–water partition coefficient (Wildman–Crippen LogP) is 2.83. The van der Waals surface area contributed by atoms with Gasteiger partial charge in [-0.1, -0.05) is 12.2 Å². The molecule has 0 spiro atoms. The summed E-state index contributed by atoms with van der Waals surface area (Å²) in [6, 6.07) is 3.54. The Labute approximate surface area is 176 Å². The third kappa shape index (κ3) is 4.58. The van der Waals surface area contributed by atoms with Gasteiger partial charge in [0.05, 0.1) is 19.3 Å². The number of esters is 1. The molecule has 0 saturated carbocycles. The van der Waals surface area contributed by atoms with Crippen LogP contribution in [0.3, 0.4) is 0 Å². The van der Waals surface area contributed by atoms with E-state index in [1.54, 1.807) is 23.0 Å². The van der Waals surface area contributed by atoms with E-state index in [1.165, 1.54) is 0 Å². The average molecular weight is 415 g/mol. The van der Waals surface area contributed by atoms with Gasteiger partial charge in [-0.2, -0.15) is 0 Å². The van der Waals surface area contributed by atoms with Gasteiger partial charge in [-0.3, -0.25) is 14.4 Å². The molecule has 2 aromatic rings. The van der Waals surface area contributed by atoms with Crippen molar-refractivity contribution in [1.82, 2.24) is 14.4 Å². The normalized spacial score (nSPS) is 16.7. The largest absolute Gasteiger partial charge is 0.466 e. The number of piperazine rings is 1. The van der Waals surface area contributed by atoms with Gasteiger partial charge in [0.2, 0.25) is 11.6 Å². The van der Waals surface area contributed by atoms with Crippen LogP contribution in [-0.4, -0.2) is 64.4 Å². The number of rotatable bonds is 7. The first-order valence-electron chi connectivity index (χ1n) is 10.3. The molecule has 3 heterocycles. The Morgan fingerprint density at radius 3 is 2.70 bits per heavy atom. The van der Waals surface area contributed by atoms with E-state index in [9.17, 15) is 14.4 Å². The number of hydrogen-bond donors (Lipinski definition) is 0. The van der Waals surface area contributed by atoms with Crippen LogP contribution < -0.4 is 0 Å². The summed E-state index contributed by atoms with van der Waals surface area (Å²) in [5.74, 6) is -0.547. The van der Waals surface area contributed by atoms with E-state index in [4.69, 9.17) is 9.15 Å². The quantitative estimate of drug-likeness (QED) is 0.513. The molecule has 8 heteroatoms. The van der Waals surface area contributed by atoms with Crippen molar-refractivity contribution in [3.63, 3.8) is 0 Å². The molecule has 0 radical (unpaired) electrons. The molecule has 30 heavy (non-hydrogen) atoms. The minimum absolute atomic E-state index is 0.0754. The second-order valence-electron chi connectivity index (χ2n) is 7.75. The fraction of sp³-hybridized carbons (Fsp3) is 0.500. The minimum atomic E-state index is -0.366.